The molecule has 0 aliphatic carbocycles. The van der Waals surface area contributed by atoms with E-state index in [0.29, 0.717) is 23.8 Å². The third-order valence-electron chi connectivity index (χ3n) is 2.89. The highest BCUT2D eigenvalue weighted by atomic mass is 16.5. The zero-order chi connectivity index (χ0) is 13.8. The van der Waals surface area contributed by atoms with Crippen LogP contribution >= 0.6 is 0 Å². The molecular formula is C16H19NO2. The summed E-state index contributed by atoms with van der Waals surface area (Å²) in [5, 5.41) is 0. The number of nitrogen functional groups attached to an aromatic ring is 1. The molecule has 0 aliphatic rings. The topological polar surface area (TPSA) is 44.5 Å². The standard InChI is InChI=1S/C16H19NO2/c1-4-18-13-6-5-7-14(16(13)17)19-15-10-11(2)8-9-12(15)3/h5-10H,4,17H2,1-3H3. The van der Waals surface area contributed by atoms with Gasteiger partial charge in [-0.2, -0.15) is 0 Å². The van der Waals surface area contributed by atoms with Crippen molar-refractivity contribution in [3.8, 4) is 17.2 Å². The van der Waals surface area contributed by atoms with Crippen molar-refractivity contribution in [3.63, 3.8) is 0 Å². The molecule has 100 valence electrons. The monoisotopic (exact) mass is 257 g/mol. The second-order valence-electron chi connectivity index (χ2n) is 4.47. The summed E-state index contributed by atoms with van der Waals surface area (Å²) in [6, 6.07) is 11.7. The number of nitrogens with two attached hydrogens (primary N) is 1. The third-order valence-corrected chi connectivity index (χ3v) is 2.89. The number of ether oxygens (including phenoxy) is 2. The Bertz CT molecular complexity index is 579. The van der Waals surface area contributed by atoms with Crippen LogP contribution in [-0.2, 0) is 0 Å². The average Bonchev–Trinajstić information content (AvgIpc) is 2.39. The lowest BCUT2D eigenvalue weighted by Gasteiger charge is -2.14. The molecule has 0 saturated heterocycles. The maximum Gasteiger partial charge on any atom is 0.154 e. The van der Waals surface area contributed by atoms with Gasteiger partial charge in [-0.05, 0) is 50.1 Å². The van der Waals surface area contributed by atoms with Crippen molar-refractivity contribution in [2.45, 2.75) is 20.8 Å². The molecule has 0 atom stereocenters. The van der Waals surface area contributed by atoms with Gasteiger partial charge >= 0.3 is 0 Å². The molecule has 3 nitrogen and oxygen atoms in total. The maximum atomic E-state index is 6.06. The number of benzene rings is 2. The molecule has 0 aromatic heterocycles. The molecule has 2 aromatic carbocycles. The van der Waals surface area contributed by atoms with Gasteiger partial charge in [-0.15, -0.1) is 0 Å². The van der Waals surface area contributed by atoms with Crippen LogP contribution in [0.3, 0.4) is 0 Å². The molecule has 0 heterocycles. The van der Waals surface area contributed by atoms with E-state index in [9.17, 15) is 0 Å². The van der Waals surface area contributed by atoms with Crippen LogP contribution in [0.25, 0.3) is 0 Å². The molecule has 2 rings (SSSR count). The van der Waals surface area contributed by atoms with E-state index < -0.39 is 0 Å². The lowest BCUT2D eigenvalue weighted by Crippen LogP contribution is -1.99. The van der Waals surface area contributed by atoms with Gasteiger partial charge in [-0.25, -0.2) is 0 Å². The van der Waals surface area contributed by atoms with Crippen LogP contribution in [0.4, 0.5) is 5.69 Å². The minimum atomic E-state index is 0.533. The Morgan fingerprint density at radius 1 is 1.00 bits per heavy atom. The molecule has 19 heavy (non-hydrogen) atoms. The fourth-order valence-electron chi connectivity index (χ4n) is 1.83. The Hall–Kier alpha value is -2.16. The molecule has 0 fully saturated rings. The molecule has 2 N–H and O–H groups in total. The summed E-state index contributed by atoms with van der Waals surface area (Å²) >= 11 is 0. The summed E-state index contributed by atoms with van der Waals surface area (Å²) in [4.78, 5) is 0. The van der Waals surface area contributed by atoms with Crippen molar-refractivity contribution in [1.29, 1.82) is 0 Å². The van der Waals surface area contributed by atoms with E-state index in [1.807, 2.05) is 51.1 Å². The van der Waals surface area contributed by atoms with Crippen LogP contribution < -0.4 is 15.2 Å². The first-order chi connectivity index (χ1) is 9.11. The molecule has 0 spiro atoms. The van der Waals surface area contributed by atoms with E-state index in [1.165, 1.54) is 0 Å². The Labute approximate surface area is 114 Å². The van der Waals surface area contributed by atoms with Crippen LogP contribution in [0.1, 0.15) is 18.1 Å². The maximum absolute atomic E-state index is 6.06. The van der Waals surface area contributed by atoms with Gasteiger partial charge < -0.3 is 15.2 Å². The summed E-state index contributed by atoms with van der Waals surface area (Å²) < 4.78 is 11.4. The van der Waals surface area contributed by atoms with Crippen molar-refractivity contribution >= 4 is 5.69 Å². The Kier molecular flexibility index (Phi) is 3.95. The van der Waals surface area contributed by atoms with Gasteiger partial charge in [0.25, 0.3) is 0 Å². The van der Waals surface area contributed by atoms with Crippen LogP contribution in [0, 0.1) is 13.8 Å². The zero-order valence-corrected chi connectivity index (χ0v) is 11.6. The molecule has 0 unspecified atom stereocenters. The number of hydrogen-bond acceptors (Lipinski definition) is 3. The van der Waals surface area contributed by atoms with Gasteiger partial charge in [-0.1, -0.05) is 18.2 Å². The zero-order valence-electron chi connectivity index (χ0n) is 11.6. The normalized spacial score (nSPS) is 10.3. The summed E-state index contributed by atoms with van der Waals surface area (Å²) in [6.07, 6.45) is 0. The van der Waals surface area contributed by atoms with E-state index in [2.05, 4.69) is 6.07 Å². The quantitative estimate of drug-likeness (QED) is 0.839. The van der Waals surface area contributed by atoms with Gasteiger partial charge in [0.1, 0.15) is 17.2 Å². The first-order valence-electron chi connectivity index (χ1n) is 6.38. The van der Waals surface area contributed by atoms with Gasteiger partial charge in [-0.3, -0.25) is 0 Å². The van der Waals surface area contributed by atoms with E-state index in [-0.39, 0.29) is 0 Å². The van der Waals surface area contributed by atoms with E-state index in [1.54, 1.807) is 0 Å². The largest absolute Gasteiger partial charge is 0.492 e. The Morgan fingerprint density at radius 3 is 2.47 bits per heavy atom. The predicted molar refractivity (Wildman–Crippen MR) is 78.0 cm³/mol. The fourth-order valence-corrected chi connectivity index (χ4v) is 1.83. The SMILES string of the molecule is CCOc1cccc(Oc2cc(C)ccc2C)c1N. The number of rotatable bonds is 4. The molecular weight excluding hydrogens is 238 g/mol. The van der Waals surface area contributed by atoms with Crippen LogP contribution in [0.5, 0.6) is 17.2 Å². The van der Waals surface area contributed by atoms with Crippen molar-refractivity contribution in [3.05, 3.63) is 47.5 Å². The molecule has 0 saturated carbocycles. The highest BCUT2D eigenvalue weighted by Gasteiger charge is 2.09. The van der Waals surface area contributed by atoms with Gasteiger partial charge in [0.2, 0.25) is 0 Å². The van der Waals surface area contributed by atoms with Gasteiger partial charge in [0, 0.05) is 0 Å². The van der Waals surface area contributed by atoms with Crippen LogP contribution in [0.15, 0.2) is 36.4 Å². The summed E-state index contributed by atoms with van der Waals surface area (Å²) in [6.45, 7) is 6.55. The molecule has 3 heteroatoms. The van der Waals surface area contributed by atoms with Crippen molar-refractivity contribution in [2.75, 3.05) is 12.3 Å². The minimum absolute atomic E-state index is 0.533. The molecule has 0 amide bonds. The molecule has 0 radical (unpaired) electrons. The highest BCUT2D eigenvalue weighted by Crippen LogP contribution is 2.35. The minimum Gasteiger partial charge on any atom is -0.492 e. The Balaban J connectivity index is 2.33. The van der Waals surface area contributed by atoms with Gasteiger partial charge in [0.15, 0.2) is 5.75 Å². The lowest BCUT2D eigenvalue weighted by atomic mass is 10.1. The van der Waals surface area contributed by atoms with E-state index in [4.69, 9.17) is 15.2 Å². The lowest BCUT2D eigenvalue weighted by molar-refractivity contribution is 0.340. The first kappa shape index (κ1) is 13.3. The van der Waals surface area contributed by atoms with Crippen molar-refractivity contribution < 1.29 is 9.47 Å². The third kappa shape index (κ3) is 2.99. The van der Waals surface area contributed by atoms with Crippen molar-refractivity contribution in [2.24, 2.45) is 0 Å². The average molecular weight is 257 g/mol. The second kappa shape index (κ2) is 5.65. The van der Waals surface area contributed by atoms with Crippen molar-refractivity contribution in [1.82, 2.24) is 0 Å². The summed E-state index contributed by atoms with van der Waals surface area (Å²) in [7, 11) is 0. The number of hydrogen-bond donors (Lipinski definition) is 1. The molecule has 0 bridgehead atoms. The number of aryl methyl sites for hydroxylation is 2. The summed E-state index contributed by atoms with van der Waals surface area (Å²) in [5.74, 6) is 2.10. The van der Waals surface area contributed by atoms with Crippen LogP contribution in [0.2, 0.25) is 0 Å². The summed E-state index contributed by atoms with van der Waals surface area (Å²) in [5.41, 5.74) is 8.82. The molecule has 2 aromatic rings. The fraction of sp³-hybridized carbons (Fsp3) is 0.250. The first-order valence-corrected chi connectivity index (χ1v) is 6.38. The van der Waals surface area contributed by atoms with Crippen LogP contribution in [-0.4, -0.2) is 6.61 Å². The van der Waals surface area contributed by atoms with E-state index >= 15 is 0 Å². The van der Waals surface area contributed by atoms with Gasteiger partial charge in [0.05, 0.1) is 6.61 Å². The number of para-hydroxylation sites is 1. The second-order valence-corrected chi connectivity index (χ2v) is 4.47. The Morgan fingerprint density at radius 2 is 1.74 bits per heavy atom. The smallest absolute Gasteiger partial charge is 0.154 e. The molecule has 0 aliphatic heterocycles. The number of anilines is 1. The predicted octanol–water partition coefficient (Wildman–Crippen LogP) is 4.08. The highest BCUT2D eigenvalue weighted by molar-refractivity contribution is 5.63. The van der Waals surface area contributed by atoms with E-state index in [0.717, 1.165) is 16.9 Å².